The number of primary amides is 1. The summed E-state index contributed by atoms with van der Waals surface area (Å²) in [5, 5.41) is 3.38. The summed E-state index contributed by atoms with van der Waals surface area (Å²) in [5.74, 6) is -0.343. The highest BCUT2D eigenvalue weighted by molar-refractivity contribution is 5.96. The van der Waals surface area contributed by atoms with Gasteiger partial charge in [-0.15, -0.1) is 0 Å². The van der Waals surface area contributed by atoms with Crippen LogP contribution in [0.5, 0.6) is 0 Å². The zero-order valence-electron chi connectivity index (χ0n) is 13.4. The normalized spacial score (nSPS) is 14.1. The van der Waals surface area contributed by atoms with Gasteiger partial charge in [0.05, 0.1) is 0 Å². The Hall–Kier alpha value is -2.23. The molecule has 1 aromatic rings. The maximum Gasteiger partial charge on any atom is 0.248 e. The molecule has 0 fully saturated rings. The molecule has 1 aliphatic rings. The third kappa shape index (κ3) is 3.91. The van der Waals surface area contributed by atoms with Crippen LogP contribution in [0.4, 0.5) is 11.4 Å². The van der Waals surface area contributed by atoms with Crippen molar-refractivity contribution >= 4 is 17.3 Å². The van der Waals surface area contributed by atoms with E-state index in [2.05, 4.69) is 48.3 Å². The Morgan fingerprint density at radius 3 is 2.50 bits per heavy atom. The Bertz CT molecular complexity index is 568. The summed E-state index contributed by atoms with van der Waals surface area (Å²) < 4.78 is 0. The molecule has 0 aliphatic heterocycles. The summed E-state index contributed by atoms with van der Waals surface area (Å²) in [5.41, 5.74) is 9.45. The van der Waals surface area contributed by atoms with E-state index < -0.39 is 0 Å². The average Bonchev–Trinajstić information content (AvgIpc) is 2.55. The van der Waals surface area contributed by atoms with Crippen LogP contribution in [0.15, 0.2) is 47.6 Å². The van der Waals surface area contributed by atoms with E-state index >= 15 is 0 Å². The molecule has 1 aromatic carbocycles. The van der Waals surface area contributed by atoms with Crippen molar-refractivity contribution in [1.29, 1.82) is 0 Å². The quantitative estimate of drug-likeness (QED) is 0.813. The molecule has 0 heterocycles. The van der Waals surface area contributed by atoms with Gasteiger partial charge in [-0.05, 0) is 56.5 Å². The van der Waals surface area contributed by atoms with Crippen molar-refractivity contribution in [2.75, 3.05) is 29.9 Å². The van der Waals surface area contributed by atoms with Crippen LogP contribution in [0.3, 0.4) is 0 Å². The predicted molar refractivity (Wildman–Crippen MR) is 93.1 cm³/mol. The lowest BCUT2D eigenvalue weighted by Gasteiger charge is -2.21. The summed E-state index contributed by atoms with van der Waals surface area (Å²) in [6, 6.07) is 8.41. The van der Waals surface area contributed by atoms with Gasteiger partial charge in [-0.2, -0.15) is 0 Å². The van der Waals surface area contributed by atoms with E-state index in [0.29, 0.717) is 12.1 Å². The minimum Gasteiger partial charge on any atom is -0.381 e. The smallest absolute Gasteiger partial charge is 0.248 e. The van der Waals surface area contributed by atoms with E-state index in [-0.39, 0.29) is 5.91 Å². The van der Waals surface area contributed by atoms with Crippen molar-refractivity contribution in [2.24, 2.45) is 5.73 Å². The number of anilines is 2. The lowest BCUT2D eigenvalue weighted by Crippen LogP contribution is -2.21. The third-order valence-electron chi connectivity index (χ3n) is 4.05. The molecule has 0 saturated carbocycles. The average molecular weight is 299 g/mol. The summed E-state index contributed by atoms with van der Waals surface area (Å²) in [4.78, 5) is 13.8. The fourth-order valence-corrected chi connectivity index (χ4v) is 2.74. The molecule has 1 amide bonds. The molecule has 0 unspecified atom stereocenters. The van der Waals surface area contributed by atoms with Gasteiger partial charge in [-0.1, -0.05) is 12.2 Å². The van der Waals surface area contributed by atoms with Crippen molar-refractivity contribution in [3.63, 3.8) is 0 Å². The number of nitrogens with zero attached hydrogens (tertiary/aromatic N) is 1. The number of nitrogens with one attached hydrogen (secondary N) is 1. The fourth-order valence-electron chi connectivity index (χ4n) is 2.74. The number of amides is 1. The number of carbonyl (C=O) groups is 1. The zero-order valence-corrected chi connectivity index (χ0v) is 13.4. The molecule has 0 radical (unpaired) electrons. The largest absolute Gasteiger partial charge is 0.381 e. The van der Waals surface area contributed by atoms with Crippen molar-refractivity contribution < 1.29 is 4.79 Å². The van der Waals surface area contributed by atoms with Crippen LogP contribution in [0.25, 0.3) is 0 Å². The molecular weight excluding hydrogens is 274 g/mol. The molecule has 0 spiro atoms. The Labute approximate surface area is 132 Å². The first kappa shape index (κ1) is 16.1. The van der Waals surface area contributed by atoms with Gasteiger partial charge in [-0.25, -0.2) is 0 Å². The Morgan fingerprint density at radius 1 is 1.23 bits per heavy atom. The molecule has 4 nitrogen and oxygen atoms in total. The summed E-state index contributed by atoms with van der Waals surface area (Å²) in [6.07, 6.45) is 5.70. The third-order valence-corrected chi connectivity index (χ3v) is 4.05. The van der Waals surface area contributed by atoms with Gasteiger partial charge in [0.15, 0.2) is 0 Å². The van der Waals surface area contributed by atoms with Crippen LogP contribution >= 0.6 is 0 Å². The monoisotopic (exact) mass is 299 g/mol. The van der Waals surface area contributed by atoms with Gasteiger partial charge in [0.1, 0.15) is 0 Å². The van der Waals surface area contributed by atoms with E-state index in [9.17, 15) is 4.79 Å². The molecule has 0 saturated heterocycles. The standard InChI is InChI=1S/C18H25N3O/c1-3-21(4-2)16-11-9-15(10-12-16)20-13-14-7-5-6-8-17(14)18(19)22/h6,8-12,20H,3-5,7,13H2,1-2H3,(H2,19,22). The number of benzene rings is 1. The van der Waals surface area contributed by atoms with Gasteiger partial charge in [0.2, 0.25) is 5.91 Å². The van der Waals surface area contributed by atoms with E-state index in [4.69, 9.17) is 5.73 Å². The van der Waals surface area contributed by atoms with Gasteiger partial charge in [0.25, 0.3) is 0 Å². The molecule has 1 aliphatic carbocycles. The molecule has 2 rings (SSSR count). The van der Waals surface area contributed by atoms with Gasteiger partial charge < -0.3 is 16.0 Å². The van der Waals surface area contributed by atoms with E-state index in [1.165, 1.54) is 5.69 Å². The second-order valence-corrected chi connectivity index (χ2v) is 5.40. The zero-order chi connectivity index (χ0) is 15.9. The molecule has 0 aromatic heterocycles. The summed E-state index contributed by atoms with van der Waals surface area (Å²) >= 11 is 0. The Morgan fingerprint density at radius 2 is 1.91 bits per heavy atom. The number of allylic oxidation sites excluding steroid dienone is 1. The minimum atomic E-state index is -0.343. The van der Waals surface area contributed by atoms with E-state index in [1.54, 1.807) is 0 Å². The first-order valence-corrected chi connectivity index (χ1v) is 7.93. The van der Waals surface area contributed by atoms with Crippen LogP contribution in [-0.4, -0.2) is 25.5 Å². The van der Waals surface area contributed by atoms with Crippen molar-refractivity contribution in [3.05, 3.63) is 47.6 Å². The molecule has 118 valence electrons. The van der Waals surface area contributed by atoms with Gasteiger partial charge in [-0.3, -0.25) is 4.79 Å². The number of rotatable bonds is 7. The fraction of sp³-hybridized carbons (Fsp3) is 0.389. The first-order chi connectivity index (χ1) is 10.7. The highest BCUT2D eigenvalue weighted by Crippen LogP contribution is 2.21. The Balaban J connectivity index is 2.02. The van der Waals surface area contributed by atoms with Crippen LogP contribution in [0.2, 0.25) is 0 Å². The second kappa shape index (κ2) is 7.69. The van der Waals surface area contributed by atoms with E-state index in [1.807, 2.05) is 12.2 Å². The lowest BCUT2D eigenvalue weighted by molar-refractivity contribution is -0.114. The minimum absolute atomic E-state index is 0.343. The number of carbonyl (C=O) groups excluding carboxylic acids is 1. The number of hydrogen-bond acceptors (Lipinski definition) is 3. The number of nitrogens with two attached hydrogens (primary N) is 1. The molecule has 4 heteroatoms. The van der Waals surface area contributed by atoms with Gasteiger partial charge >= 0.3 is 0 Å². The predicted octanol–water partition coefficient (Wildman–Crippen LogP) is 3.08. The van der Waals surface area contributed by atoms with E-state index in [0.717, 1.165) is 37.2 Å². The van der Waals surface area contributed by atoms with Crippen molar-refractivity contribution in [3.8, 4) is 0 Å². The SMILES string of the molecule is CCN(CC)c1ccc(NCC2=C(C(N)=O)C=CCC2)cc1. The summed E-state index contributed by atoms with van der Waals surface area (Å²) in [7, 11) is 0. The van der Waals surface area contributed by atoms with Gasteiger partial charge in [0, 0.05) is 36.6 Å². The maximum absolute atomic E-state index is 11.4. The van der Waals surface area contributed by atoms with Crippen molar-refractivity contribution in [2.45, 2.75) is 26.7 Å². The number of hydrogen-bond donors (Lipinski definition) is 2. The highest BCUT2D eigenvalue weighted by Gasteiger charge is 2.12. The molecular formula is C18H25N3O. The summed E-state index contributed by atoms with van der Waals surface area (Å²) in [6.45, 7) is 6.98. The lowest BCUT2D eigenvalue weighted by atomic mass is 9.97. The van der Waals surface area contributed by atoms with Crippen molar-refractivity contribution in [1.82, 2.24) is 0 Å². The van der Waals surface area contributed by atoms with Crippen LogP contribution in [0.1, 0.15) is 26.7 Å². The topological polar surface area (TPSA) is 58.4 Å². The van der Waals surface area contributed by atoms with Crippen LogP contribution in [0, 0.1) is 0 Å². The first-order valence-electron chi connectivity index (χ1n) is 7.93. The maximum atomic E-state index is 11.4. The molecule has 0 atom stereocenters. The highest BCUT2D eigenvalue weighted by atomic mass is 16.1. The van der Waals surface area contributed by atoms with Crippen LogP contribution < -0.4 is 16.0 Å². The molecule has 0 bridgehead atoms. The Kier molecular flexibility index (Phi) is 5.64. The molecule has 3 N–H and O–H groups in total. The second-order valence-electron chi connectivity index (χ2n) is 5.40. The molecule has 22 heavy (non-hydrogen) atoms. The van der Waals surface area contributed by atoms with Crippen LogP contribution in [-0.2, 0) is 4.79 Å².